The van der Waals surface area contributed by atoms with E-state index in [1.807, 2.05) is 12.1 Å². The summed E-state index contributed by atoms with van der Waals surface area (Å²) in [6, 6.07) is 5.68. The molecule has 0 bridgehead atoms. The van der Waals surface area contributed by atoms with Gasteiger partial charge in [0.2, 0.25) is 0 Å². The maximum absolute atomic E-state index is 6.15. The fourth-order valence-electron chi connectivity index (χ4n) is 1.73. The van der Waals surface area contributed by atoms with Gasteiger partial charge in [-0.25, -0.2) is 4.98 Å². The fourth-order valence-corrected chi connectivity index (χ4v) is 2.34. The topological polar surface area (TPSA) is 22.1 Å². The highest BCUT2D eigenvalue weighted by atomic mass is 35.5. The van der Waals surface area contributed by atoms with Crippen LogP contribution in [-0.4, -0.2) is 12.1 Å². The van der Waals surface area contributed by atoms with Crippen molar-refractivity contribution in [1.82, 2.24) is 4.98 Å². The van der Waals surface area contributed by atoms with Crippen LogP contribution in [0.5, 0.6) is 5.75 Å². The second kappa shape index (κ2) is 4.71. The summed E-state index contributed by atoms with van der Waals surface area (Å²) in [5.41, 5.74) is 1.82. The lowest BCUT2D eigenvalue weighted by molar-refractivity contribution is 0.415. The van der Waals surface area contributed by atoms with Gasteiger partial charge in [0.05, 0.1) is 17.6 Å². The zero-order valence-corrected chi connectivity index (χ0v) is 11.4. The van der Waals surface area contributed by atoms with Crippen LogP contribution in [0.3, 0.4) is 0 Å². The maximum Gasteiger partial charge on any atom is 0.139 e. The third kappa shape index (κ3) is 2.33. The predicted octanol–water partition coefficient (Wildman–Crippen LogP) is 4.67. The van der Waals surface area contributed by atoms with Gasteiger partial charge in [0, 0.05) is 11.5 Å². The standard InChI is InChI=1S/C13H13Cl2NO/c1-7(2)9-4-8-5-10(14)12(17-3)6-11(8)16-13(9)15/h4-7H,1-3H3. The van der Waals surface area contributed by atoms with Crippen LogP contribution >= 0.6 is 23.2 Å². The fraction of sp³-hybridized carbons (Fsp3) is 0.308. The lowest BCUT2D eigenvalue weighted by Gasteiger charge is -2.10. The first-order valence-corrected chi connectivity index (χ1v) is 6.12. The molecule has 1 aromatic heterocycles. The molecule has 17 heavy (non-hydrogen) atoms. The van der Waals surface area contributed by atoms with Crippen molar-refractivity contribution in [2.24, 2.45) is 0 Å². The van der Waals surface area contributed by atoms with E-state index in [2.05, 4.69) is 18.8 Å². The van der Waals surface area contributed by atoms with Crippen molar-refractivity contribution in [1.29, 1.82) is 0 Å². The normalized spacial score (nSPS) is 11.2. The molecular weight excluding hydrogens is 257 g/mol. The van der Waals surface area contributed by atoms with Crippen LogP contribution in [0.25, 0.3) is 10.9 Å². The molecule has 2 nitrogen and oxygen atoms in total. The molecule has 0 radical (unpaired) electrons. The van der Waals surface area contributed by atoms with Gasteiger partial charge in [-0.05, 0) is 23.6 Å². The molecule has 2 aromatic rings. The minimum atomic E-state index is 0.334. The Morgan fingerprint density at radius 1 is 1.18 bits per heavy atom. The molecule has 0 unspecified atom stereocenters. The highest BCUT2D eigenvalue weighted by Gasteiger charge is 2.10. The number of rotatable bonds is 2. The highest BCUT2D eigenvalue weighted by molar-refractivity contribution is 6.33. The summed E-state index contributed by atoms with van der Waals surface area (Å²) < 4.78 is 5.16. The Kier molecular flexibility index (Phi) is 3.45. The van der Waals surface area contributed by atoms with E-state index in [-0.39, 0.29) is 0 Å². The van der Waals surface area contributed by atoms with Crippen molar-refractivity contribution in [3.05, 3.63) is 33.9 Å². The number of fused-ring (bicyclic) bond motifs is 1. The molecule has 1 heterocycles. The molecule has 0 saturated heterocycles. The van der Waals surface area contributed by atoms with Crippen molar-refractivity contribution >= 4 is 34.1 Å². The summed E-state index contributed by atoms with van der Waals surface area (Å²) in [5, 5.41) is 2.10. The molecule has 0 aliphatic rings. The van der Waals surface area contributed by atoms with Crippen LogP contribution in [0.1, 0.15) is 25.3 Å². The summed E-state index contributed by atoms with van der Waals surface area (Å²) in [6.07, 6.45) is 0. The van der Waals surface area contributed by atoms with Crippen LogP contribution in [0.15, 0.2) is 18.2 Å². The van der Waals surface area contributed by atoms with E-state index in [0.717, 1.165) is 16.5 Å². The number of methoxy groups -OCH3 is 1. The van der Waals surface area contributed by atoms with Gasteiger partial charge in [0.25, 0.3) is 0 Å². The first-order chi connectivity index (χ1) is 8.02. The molecule has 2 rings (SSSR count). The van der Waals surface area contributed by atoms with Crippen LogP contribution in [0.2, 0.25) is 10.2 Å². The first-order valence-electron chi connectivity index (χ1n) is 5.36. The number of halogens is 2. The molecule has 0 amide bonds. The SMILES string of the molecule is COc1cc2nc(Cl)c(C(C)C)cc2cc1Cl. The third-order valence-corrected chi connectivity index (χ3v) is 3.29. The van der Waals surface area contributed by atoms with Gasteiger partial charge in [-0.15, -0.1) is 0 Å². The van der Waals surface area contributed by atoms with E-state index in [9.17, 15) is 0 Å². The van der Waals surface area contributed by atoms with Gasteiger partial charge in [-0.2, -0.15) is 0 Å². The first kappa shape index (κ1) is 12.5. The van der Waals surface area contributed by atoms with Crippen LogP contribution < -0.4 is 4.74 Å². The van der Waals surface area contributed by atoms with Crippen molar-refractivity contribution < 1.29 is 4.74 Å². The number of aromatic nitrogens is 1. The number of benzene rings is 1. The number of ether oxygens (including phenoxy) is 1. The van der Waals surface area contributed by atoms with E-state index in [1.165, 1.54) is 0 Å². The van der Waals surface area contributed by atoms with Gasteiger partial charge in [0.1, 0.15) is 10.9 Å². The van der Waals surface area contributed by atoms with Crippen molar-refractivity contribution in [3.63, 3.8) is 0 Å². The molecule has 0 aliphatic carbocycles. The van der Waals surface area contributed by atoms with E-state index >= 15 is 0 Å². The molecule has 0 aliphatic heterocycles. The Bertz CT molecular complexity index is 567. The minimum Gasteiger partial charge on any atom is -0.495 e. The number of hydrogen-bond donors (Lipinski definition) is 0. The average Bonchev–Trinajstić information content (AvgIpc) is 2.27. The molecular formula is C13H13Cl2NO. The zero-order valence-electron chi connectivity index (χ0n) is 9.92. The van der Waals surface area contributed by atoms with Crippen LogP contribution in [0.4, 0.5) is 0 Å². The third-order valence-electron chi connectivity index (χ3n) is 2.69. The van der Waals surface area contributed by atoms with E-state index in [4.69, 9.17) is 27.9 Å². The maximum atomic E-state index is 6.15. The largest absolute Gasteiger partial charge is 0.495 e. The van der Waals surface area contributed by atoms with E-state index < -0.39 is 0 Å². The zero-order chi connectivity index (χ0) is 12.6. The van der Waals surface area contributed by atoms with Crippen molar-refractivity contribution in [2.75, 3.05) is 7.11 Å². The van der Waals surface area contributed by atoms with Crippen LogP contribution in [-0.2, 0) is 0 Å². The second-order valence-electron chi connectivity index (χ2n) is 4.20. The average molecular weight is 270 g/mol. The van der Waals surface area contributed by atoms with E-state index in [1.54, 1.807) is 13.2 Å². The summed E-state index contributed by atoms with van der Waals surface area (Å²) in [5.74, 6) is 0.945. The highest BCUT2D eigenvalue weighted by Crippen LogP contribution is 2.32. The predicted molar refractivity (Wildman–Crippen MR) is 72.4 cm³/mol. The van der Waals surface area contributed by atoms with Gasteiger partial charge >= 0.3 is 0 Å². The quantitative estimate of drug-likeness (QED) is 0.739. The van der Waals surface area contributed by atoms with E-state index in [0.29, 0.717) is 21.8 Å². The minimum absolute atomic E-state index is 0.334. The molecule has 1 aromatic carbocycles. The Morgan fingerprint density at radius 2 is 1.88 bits per heavy atom. The van der Waals surface area contributed by atoms with Gasteiger partial charge in [-0.1, -0.05) is 37.0 Å². The second-order valence-corrected chi connectivity index (χ2v) is 4.97. The van der Waals surface area contributed by atoms with Gasteiger partial charge < -0.3 is 4.74 Å². The summed E-state index contributed by atoms with van der Waals surface area (Å²) >= 11 is 12.2. The molecule has 0 saturated carbocycles. The number of nitrogens with zero attached hydrogens (tertiary/aromatic N) is 1. The Morgan fingerprint density at radius 3 is 2.47 bits per heavy atom. The van der Waals surface area contributed by atoms with Crippen molar-refractivity contribution in [2.45, 2.75) is 19.8 Å². The summed E-state index contributed by atoms with van der Waals surface area (Å²) in [4.78, 5) is 4.37. The van der Waals surface area contributed by atoms with Gasteiger partial charge in [0.15, 0.2) is 0 Å². The van der Waals surface area contributed by atoms with Crippen molar-refractivity contribution in [3.8, 4) is 5.75 Å². The summed E-state index contributed by atoms with van der Waals surface area (Å²) in [6.45, 7) is 4.17. The summed E-state index contributed by atoms with van der Waals surface area (Å²) in [7, 11) is 1.58. The smallest absolute Gasteiger partial charge is 0.139 e. The molecule has 4 heteroatoms. The Hall–Kier alpha value is -0.990. The number of hydrogen-bond acceptors (Lipinski definition) is 2. The lowest BCUT2D eigenvalue weighted by Crippen LogP contribution is -1.93. The number of pyridine rings is 1. The molecule has 90 valence electrons. The lowest BCUT2D eigenvalue weighted by atomic mass is 10.0. The Balaban J connectivity index is 2.70. The molecule has 0 spiro atoms. The van der Waals surface area contributed by atoms with Crippen LogP contribution in [0, 0.1) is 0 Å². The molecule has 0 N–H and O–H groups in total. The monoisotopic (exact) mass is 269 g/mol. The van der Waals surface area contributed by atoms with Gasteiger partial charge in [-0.3, -0.25) is 0 Å². The Labute approximate surface area is 111 Å². The molecule has 0 atom stereocenters. The molecule has 0 fully saturated rings.